The van der Waals surface area contributed by atoms with Gasteiger partial charge in [0, 0.05) is 6.04 Å². The van der Waals surface area contributed by atoms with Gasteiger partial charge in [-0.15, -0.1) is 0 Å². The van der Waals surface area contributed by atoms with E-state index in [9.17, 15) is 9.59 Å². The fraction of sp³-hybridized carbons (Fsp3) is 0.583. The molecule has 1 heterocycles. The van der Waals surface area contributed by atoms with Crippen molar-refractivity contribution in [2.24, 2.45) is 0 Å². The molecule has 6 nitrogen and oxygen atoms in total. The lowest BCUT2D eigenvalue weighted by Gasteiger charge is -2.15. The van der Waals surface area contributed by atoms with E-state index in [1.807, 2.05) is 6.92 Å². The van der Waals surface area contributed by atoms with Gasteiger partial charge in [-0.2, -0.15) is 5.10 Å². The molecule has 0 aliphatic carbocycles. The van der Waals surface area contributed by atoms with E-state index in [2.05, 4.69) is 15.5 Å². The van der Waals surface area contributed by atoms with Crippen LogP contribution >= 0.6 is 11.6 Å². The fourth-order valence-corrected chi connectivity index (χ4v) is 1.88. The van der Waals surface area contributed by atoms with Gasteiger partial charge < -0.3 is 10.4 Å². The highest BCUT2D eigenvalue weighted by molar-refractivity contribution is 6.34. The molecule has 0 spiro atoms. The number of carboxylic acids is 1. The molecule has 1 unspecified atom stereocenters. The number of halogens is 1. The summed E-state index contributed by atoms with van der Waals surface area (Å²) in [5, 5.41) is 18.2. The summed E-state index contributed by atoms with van der Waals surface area (Å²) < 4.78 is 0. The second kappa shape index (κ2) is 7.13. The van der Waals surface area contributed by atoms with Crippen molar-refractivity contribution in [3.63, 3.8) is 0 Å². The van der Waals surface area contributed by atoms with Gasteiger partial charge in [-0.05, 0) is 13.3 Å². The van der Waals surface area contributed by atoms with Crippen molar-refractivity contribution in [1.82, 2.24) is 15.5 Å². The van der Waals surface area contributed by atoms with Gasteiger partial charge in [-0.3, -0.25) is 14.7 Å². The summed E-state index contributed by atoms with van der Waals surface area (Å²) in [5.41, 5.74) is 0.709. The number of carbonyl (C=O) groups is 2. The molecule has 0 radical (unpaired) electrons. The van der Waals surface area contributed by atoms with Crippen molar-refractivity contribution in [3.8, 4) is 0 Å². The average molecular weight is 288 g/mol. The maximum atomic E-state index is 12.0. The summed E-state index contributed by atoms with van der Waals surface area (Å²) in [5.74, 6) is -1.39. The highest BCUT2D eigenvalue weighted by Gasteiger charge is 2.21. The molecule has 0 aliphatic rings. The number of nitrogens with one attached hydrogen (secondary N) is 2. The number of aliphatic carboxylic acids is 1. The number of amides is 1. The summed E-state index contributed by atoms with van der Waals surface area (Å²) in [6.45, 7) is 3.71. The molecule has 0 bridgehead atoms. The van der Waals surface area contributed by atoms with Crippen LogP contribution in [-0.4, -0.2) is 33.2 Å². The predicted molar refractivity (Wildman–Crippen MR) is 71.4 cm³/mol. The monoisotopic (exact) mass is 287 g/mol. The molecule has 0 aliphatic heterocycles. The molecule has 0 saturated heterocycles. The average Bonchev–Trinajstić information content (AvgIpc) is 2.66. The van der Waals surface area contributed by atoms with Crippen LogP contribution in [0.4, 0.5) is 0 Å². The molecule has 1 atom stereocenters. The number of hydrogen-bond donors (Lipinski definition) is 3. The third-order valence-corrected chi connectivity index (χ3v) is 3.21. The lowest BCUT2D eigenvalue weighted by atomic mass is 10.1. The fourth-order valence-electron chi connectivity index (χ4n) is 1.71. The van der Waals surface area contributed by atoms with Crippen LogP contribution in [0.1, 0.15) is 48.8 Å². The van der Waals surface area contributed by atoms with Crippen LogP contribution < -0.4 is 5.32 Å². The number of hydrogen-bond acceptors (Lipinski definition) is 3. The van der Waals surface area contributed by atoms with Crippen molar-refractivity contribution in [1.29, 1.82) is 0 Å². The van der Waals surface area contributed by atoms with Crippen LogP contribution in [0.25, 0.3) is 0 Å². The van der Waals surface area contributed by atoms with Crippen LogP contribution in [0.5, 0.6) is 0 Å². The van der Waals surface area contributed by atoms with E-state index in [0.717, 1.165) is 12.8 Å². The Hall–Kier alpha value is -1.56. The Kier molecular flexibility index (Phi) is 5.82. The number of rotatable bonds is 7. The molecular weight excluding hydrogens is 270 g/mol. The summed E-state index contributed by atoms with van der Waals surface area (Å²) in [6.07, 6.45) is 2.31. The lowest BCUT2D eigenvalue weighted by molar-refractivity contribution is -0.137. The molecule has 0 aromatic carbocycles. The maximum Gasteiger partial charge on any atom is 0.305 e. The Morgan fingerprint density at radius 2 is 2.21 bits per heavy atom. The minimum absolute atomic E-state index is 0.103. The Labute approximate surface area is 116 Å². The van der Waals surface area contributed by atoms with Gasteiger partial charge in [-0.1, -0.05) is 31.4 Å². The first-order valence-electron chi connectivity index (χ1n) is 6.18. The molecule has 1 aromatic heterocycles. The number of aryl methyl sites for hydroxylation is 1. The Bertz CT molecular complexity index is 459. The van der Waals surface area contributed by atoms with Crippen LogP contribution in [-0.2, 0) is 4.79 Å². The van der Waals surface area contributed by atoms with Crippen LogP contribution in [0.2, 0.25) is 5.02 Å². The minimum atomic E-state index is -0.939. The first-order valence-corrected chi connectivity index (χ1v) is 6.56. The second-order valence-corrected chi connectivity index (χ2v) is 4.80. The van der Waals surface area contributed by atoms with E-state index >= 15 is 0 Å². The smallest absolute Gasteiger partial charge is 0.305 e. The van der Waals surface area contributed by atoms with Gasteiger partial charge in [0.15, 0.2) is 5.69 Å². The van der Waals surface area contributed by atoms with Gasteiger partial charge >= 0.3 is 5.97 Å². The topological polar surface area (TPSA) is 95.1 Å². The van der Waals surface area contributed by atoms with Gasteiger partial charge in [0.25, 0.3) is 5.91 Å². The Balaban J connectivity index is 2.69. The summed E-state index contributed by atoms with van der Waals surface area (Å²) in [4.78, 5) is 22.7. The number of carbonyl (C=O) groups excluding carboxylic acids is 1. The Morgan fingerprint density at radius 1 is 1.53 bits per heavy atom. The van der Waals surface area contributed by atoms with Gasteiger partial charge in [-0.25, -0.2) is 0 Å². The molecule has 1 amide bonds. The van der Waals surface area contributed by atoms with E-state index in [1.165, 1.54) is 0 Å². The minimum Gasteiger partial charge on any atom is -0.481 e. The quantitative estimate of drug-likeness (QED) is 0.716. The zero-order chi connectivity index (χ0) is 14.4. The molecular formula is C12H18ClN3O3. The second-order valence-electron chi connectivity index (χ2n) is 4.42. The van der Waals surface area contributed by atoms with Crippen LogP contribution in [0, 0.1) is 6.92 Å². The van der Waals surface area contributed by atoms with Crippen molar-refractivity contribution in [2.45, 2.75) is 45.6 Å². The molecule has 3 N–H and O–H groups in total. The van der Waals surface area contributed by atoms with Gasteiger partial charge in [0.1, 0.15) is 0 Å². The zero-order valence-electron chi connectivity index (χ0n) is 11.0. The lowest BCUT2D eigenvalue weighted by Crippen LogP contribution is -2.36. The summed E-state index contributed by atoms with van der Waals surface area (Å²) in [7, 11) is 0. The SMILES string of the molecule is CCCCC(CC(=O)O)NC(=O)c1n[nH]c(C)c1Cl. The highest BCUT2D eigenvalue weighted by atomic mass is 35.5. The van der Waals surface area contributed by atoms with E-state index in [-0.39, 0.29) is 17.1 Å². The molecule has 1 rings (SSSR count). The van der Waals surface area contributed by atoms with Crippen LogP contribution in [0.15, 0.2) is 0 Å². The van der Waals surface area contributed by atoms with Crippen molar-refractivity contribution in [3.05, 3.63) is 16.4 Å². The normalized spacial score (nSPS) is 12.2. The van der Waals surface area contributed by atoms with E-state index in [1.54, 1.807) is 6.92 Å². The molecule has 7 heteroatoms. The molecule has 106 valence electrons. The highest BCUT2D eigenvalue weighted by Crippen LogP contribution is 2.17. The first kappa shape index (κ1) is 15.5. The molecule has 0 saturated carbocycles. The third-order valence-electron chi connectivity index (χ3n) is 2.75. The number of H-pyrrole nitrogens is 1. The third kappa shape index (κ3) is 4.55. The molecule has 0 fully saturated rings. The van der Waals surface area contributed by atoms with E-state index < -0.39 is 17.9 Å². The van der Waals surface area contributed by atoms with E-state index in [4.69, 9.17) is 16.7 Å². The zero-order valence-corrected chi connectivity index (χ0v) is 11.8. The standard InChI is InChI=1S/C12H18ClN3O3/c1-3-4-5-8(6-9(17)18)14-12(19)11-10(13)7(2)15-16-11/h8H,3-6H2,1-2H3,(H,14,19)(H,15,16)(H,17,18). The van der Waals surface area contributed by atoms with Crippen molar-refractivity contribution >= 4 is 23.5 Å². The molecule has 19 heavy (non-hydrogen) atoms. The first-order chi connectivity index (χ1) is 8.95. The van der Waals surface area contributed by atoms with Crippen LogP contribution in [0.3, 0.4) is 0 Å². The maximum absolute atomic E-state index is 12.0. The summed E-state index contributed by atoms with van der Waals surface area (Å²) in [6, 6.07) is -0.405. The predicted octanol–water partition coefficient (Wildman–Crippen LogP) is 2.13. The number of aromatic nitrogens is 2. The van der Waals surface area contributed by atoms with Gasteiger partial charge in [0.2, 0.25) is 0 Å². The van der Waals surface area contributed by atoms with Gasteiger partial charge in [0.05, 0.1) is 17.1 Å². The van der Waals surface area contributed by atoms with E-state index in [0.29, 0.717) is 12.1 Å². The molecule has 1 aromatic rings. The summed E-state index contributed by atoms with van der Waals surface area (Å²) >= 11 is 5.93. The van der Waals surface area contributed by atoms with Crippen molar-refractivity contribution in [2.75, 3.05) is 0 Å². The number of nitrogens with zero attached hydrogens (tertiary/aromatic N) is 1. The number of unbranched alkanes of at least 4 members (excludes halogenated alkanes) is 1. The Morgan fingerprint density at radius 3 is 2.68 bits per heavy atom. The number of aromatic amines is 1. The van der Waals surface area contributed by atoms with Crippen molar-refractivity contribution < 1.29 is 14.7 Å². The number of carboxylic acid groups (broad SMARTS) is 1. The largest absolute Gasteiger partial charge is 0.481 e.